The quantitative estimate of drug-likeness (QED) is 0.788. The summed E-state index contributed by atoms with van der Waals surface area (Å²) >= 11 is 0. The van der Waals surface area contributed by atoms with Crippen molar-refractivity contribution in [2.45, 2.75) is 52.2 Å². The molecule has 0 N–H and O–H groups in total. The lowest BCUT2D eigenvalue weighted by Crippen LogP contribution is -2.34. The molecule has 1 unspecified atom stereocenters. The molecule has 0 aromatic heterocycles. The summed E-state index contributed by atoms with van der Waals surface area (Å²) in [4.78, 5) is 12.9. The van der Waals surface area contributed by atoms with Crippen LogP contribution in [-0.4, -0.2) is 24.1 Å². The average molecular weight is 276 g/mol. The number of methoxy groups -OCH3 is 1. The molecule has 0 spiro atoms. The number of carbonyl (C=O) groups excluding carboxylic acids is 1. The first kappa shape index (κ1) is 15.0. The number of ketones is 1. The second kappa shape index (κ2) is 4.88. The molecule has 1 fully saturated rings. The van der Waals surface area contributed by atoms with Crippen molar-refractivity contribution in [2.24, 2.45) is 5.92 Å². The summed E-state index contributed by atoms with van der Waals surface area (Å²) in [5.74, 6) is 0.607. The van der Waals surface area contributed by atoms with Crippen LogP contribution in [0.5, 0.6) is 5.75 Å². The smallest absolute Gasteiger partial charge is 0.172 e. The van der Waals surface area contributed by atoms with Gasteiger partial charge in [-0.25, -0.2) is 0 Å². The molecular formula is C17H24O3. The van der Waals surface area contributed by atoms with Crippen molar-refractivity contribution in [1.82, 2.24) is 0 Å². The third-order valence-electron chi connectivity index (χ3n) is 4.01. The van der Waals surface area contributed by atoms with Gasteiger partial charge < -0.3 is 9.47 Å². The Morgan fingerprint density at radius 2 is 1.95 bits per heavy atom. The van der Waals surface area contributed by atoms with Crippen molar-refractivity contribution in [3.05, 3.63) is 29.3 Å². The molecule has 0 amide bonds. The third-order valence-corrected chi connectivity index (χ3v) is 4.01. The van der Waals surface area contributed by atoms with E-state index in [9.17, 15) is 4.79 Å². The van der Waals surface area contributed by atoms with Gasteiger partial charge in [-0.1, -0.05) is 11.6 Å². The Labute approximate surface area is 121 Å². The number of hydrogen-bond donors (Lipinski definition) is 0. The van der Waals surface area contributed by atoms with Crippen molar-refractivity contribution in [2.75, 3.05) is 7.11 Å². The molecule has 110 valence electrons. The summed E-state index contributed by atoms with van der Waals surface area (Å²) in [5.41, 5.74) is 1.01. The van der Waals surface area contributed by atoms with Crippen LogP contribution >= 0.6 is 0 Å². The number of aryl methyl sites for hydroxylation is 1. The largest absolute Gasteiger partial charge is 0.496 e. The topological polar surface area (TPSA) is 35.5 Å². The zero-order chi connectivity index (χ0) is 15.1. The second-order valence-electron chi connectivity index (χ2n) is 6.79. The van der Waals surface area contributed by atoms with Gasteiger partial charge in [-0.15, -0.1) is 0 Å². The van der Waals surface area contributed by atoms with Gasteiger partial charge in [0.15, 0.2) is 5.78 Å². The zero-order valence-corrected chi connectivity index (χ0v) is 13.2. The van der Waals surface area contributed by atoms with Crippen LogP contribution in [0.15, 0.2) is 18.2 Å². The monoisotopic (exact) mass is 276 g/mol. The van der Waals surface area contributed by atoms with Gasteiger partial charge in [-0.2, -0.15) is 0 Å². The molecule has 1 aliphatic rings. The molecule has 1 aliphatic heterocycles. The lowest BCUT2D eigenvalue weighted by molar-refractivity contribution is -0.0712. The van der Waals surface area contributed by atoms with Crippen LogP contribution in [0.3, 0.4) is 0 Å². The van der Waals surface area contributed by atoms with Crippen LogP contribution in [0.4, 0.5) is 0 Å². The molecule has 1 aromatic rings. The van der Waals surface area contributed by atoms with Crippen LogP contribution in [0.25, 0.3) is 0 Å². The number of carbonyl (C=O) groups is 1. The Bertz CT molecular complexity index is 529. The Kier molecular flexibility index (Phi) is 3.67. The van der Waals surface area contributed by atoms with Crippen molar-refractivity contribution >= 4 is 5.78 Å². The molecule has 3 nitrogen and oxygen atoms in total. The number of rotatable bonds is 3. The molecule has 2 rings (SSSR count). The highest BCUT2D eigenvalue weighted by atomic mass is 16.5. The highest BCUT2D eigenvalue weighted by Crippen LogP contribution is 2.44. The van der Waals surface area contributed by atoms with Crippen LogP contribution in [0.2, 0.25) is 0 Å². The standard InChI is InChI=1S/C17H24O3/c1-11-7-8-14(19-6)12(9-11)15(18)13-10-16(2,3)20-17(13,4)5/h7-9,13H,10H2,1-6H3. The Hall–Kier alpha value is -1.35. The van der Waals surface area contributed by atoms with Gasteiger partial charge in [0.05, 0.1) is 29.8 Å². The summed E-state index contributed by atoms with van der Waals surface area (Å²) in [6.07, 6.45) is 0.732. The second-order valence-corrected chi connectivity index (χ2v) is 6.79. The maximum absolute atomic E-state index is 12.9. The Morgan fingerprint density at radius 1 is 1.30 bits per heavy atom. The van der Waals surface area contributed by atoms with Crippen molar-refractivity contribution < 1.29 is 14.3 Å². The van der Waals surface area contributed by atoms with Crippen LogP contribution in [-0.2, 0) is 4.74 Å². The lowest BCUT2D eigenvalue weighted by Gasteiger charge is -2.27. The van der Waals surface area contributed by atoms with Crippen LogP contribution < -0.4 is 4.74 Å². The highest BCUT2D eigenvalue weighted by molar-refractivity contribution is 6.01. The third kappa shape index (κ3) is 2.73. The van der Waals surface area contributed by atoms with Gasteiger partial charge in [0.2, 0.25) is 0 Å². The first-order valence-electron chi connectivity index (χ1n) is 7.05. The van der Waals surface area contributed by atoms with Gasteiger partial charge in [0, 0.05) is 0 Å². The fourth-order valence-electron chi connectivity index (χ4n) is 3.17. The first-order chi connectivity index (χ1) is 9.16. The minimum Gasteiger partial charge on any atom is -0.496 e. The molecule has 0 aliphatic carbocycles. The summed E-state index contributed by atoms with van der Waals surface area (Å²) in [6, 6.07) is 5.72. The number of Topliss-reactive ketones (excluding diaryl/α,β-unsaturated/α-hetero) is 1. The van der Waals surface area contributed by atoms with Crippen molar-refractivity contribution in [3.63, 3.8) is 0 Å². The van der Waals surface area contributed by atoms with E-state index >= 15 is 0 Å². The van der Waals surface area contributed by atoms with E-state index in [1.165, 1.54) is 0 Å². The molecule has 1 saturated heterocycles. The molecule has 20 heavy (non-hydrogen) atoms. The predicted molar refractivity (Wildman–Crippen MR) is 79.4 cm³/mol. The van der Waals surface area contributed by atoms with Crippen molar-refractivity contribution in [3.8, 4) is 5.75 Å². The van der Waals surface area contributed by atoms with E-state index in [1.54, 1.807) is 7.11 Å². The molecule has 0 bridgehead atoms. The van der Waals surface area contributed by atoms with Gasteiger partial charge in [0.25, 0.3) is 0 Å². The van der Waals surface area contributed by atoms with Gasteiger partial charge in [-0.3, -0.25) is 4.79 Å². The summed E-state index contributed by atoms with van der Waals surface area (Å²) in [7, 11) is 1.60. The predicted octanol–water partition coefficient (Wildman–Crippen LogP) is 3.78. The van der Waals surface area contributed by atoms with Gasteiger partial charge in [-0.05, 0) is 53.2 Å². The minimum absolute atomic E-state index is 0.112. The van der Waals surface area contributed by atoms with E-state index in [4.69, 9.17) is 9.47 Å². The van der Waals surface area contributed by atoms with E-state index in [0.29, 0.717) is 11.3 Å². The lowest BCUT2D eigenvalue weighted by atomic mass is 9.81. The molecular weight excluding hydrogens is 252 g/mol. The average Bonchev–Trinajstić information content (AvgIpc) is 2.56. The molecule has 0 saturated carbocycles. The van der Waals surface area contributed by atoms with Gasteiger partial charge >= 0.3 is 0 Å². The summed E-state index contributed by atoms with van der Waals surface area (Å²) in [5, 5.41) is 0. The Balaban J connectivity index is 2.39. The van der Waals surface area contributed by atoms with E-state index < -0.39 is 5.60 Å². The fourth-order valence-corrected chi connectivity index (χ4v) is 3.17. The van der Waals surface area contributed by atoms with Gasteiger partial charge in [0.1, 0.15) is 5.75 Å². The number of benzene rings is 1. The number of hydrogen-bond acceptors (Lipinski definition) is 3. The maximum atomic E-state index is 12.9. The molecule has 1 heterocycles. The molecule has 0 radical (unpaired) electrons. The SMILES string of the molecule is COc1ccc(C)cc1C(=O)C1CC(C)(C)OC1(C)C. The minimum atomic E-state index is -0.449. The molecule has 3 heteroatoms. The maximum Gasteiger partial charge on any atom is 0.172 e. The van der Waals surface area contributed by atoms with E-state index in [2.05, 4.69) is 0 Å². The van der Waals surface area contributed by atoms with Crippen LogP contribution in [0.1, 0.15) is 50.0 Å². The molecule has 1 atom stereocenters. The normalized spacial score (nSPS) is 23.6. The van der Waals surface area contributed by atoms with E-state index in [0.717, 1.165) is 12.0 Å². The summed E-state index contributed by atoms with van der Waals surface area (Å²) in [6.45, 7) is 10.0. The van der Waals surface area contributed by atoms with Crippen LogP contribution in [0, 0.1) is 12.8 Å². The molecule has 1 aromatic carbocycles. The van der Waals surface area contributed by atoms with E-state index in [1.807, 2.05) is 52.8 Å². The van der Waals surface area contributed by atoms with Crippen molar-refractivity contribution in [1.29, 1.82) is 0 Å². The highest BCUT2D eigenvalue weighted by Gasteiger charge is 2.49. The number of ether oxygens (including phenoxy) is 2. The van der Waals surface area contributed by atoms with E-state index in [-0.39, 0.29) is 17.3 Å². The first-order valence-corrected chi connectivity index (χ1v) is 7.05. The fraction of sp³-hybridized carbons (Fsp3) is 0.588. The summed E-state index contributed by atoms with van der Waals surface area (Å²) < 4.78 is 11.4. The zero-order valence-electron chi connectivity index (χ0n) is 13.2. The Morgan fingerprint density at radius 3 is 2.45 bits per heavy atom.